The van der Waals surface area contributed by atoms with Crippen LogP contribution >= 0.6 is 23.4 Å². The Morgan fingerprint density at radius 2 is 2.00 bits per heavy atom. The number of rotatable bonds is 9. The Bertz CT molecular complexity index is 915. The van der Waals surface area contributed by atoms with Crippen LogP contribution in [0.15, 0.2) is 29.3 Å². The average molecular weight is 499 g/mol. The van der Waals surface area contributed by atoms with Gasteiger partial charge in [0.2, 0.25) is 0 Å². The van der Waals surface area contributed by atoms with E-state index >= 15 is 0 Å². The molecule has 2 heterocycles. The minimum atomic E-state index is -0.983. The van der Waals surface area contributed by atoms with Gasteiger partial charge < -0.3 is 24.4 Å². The first-order valence-corrected chi connectivity index (χ1v) is 11.8. The Kier molecular flexibility index (Phi) is 8.44. The third-order valence-corrected chi connectivity index (χ3v) is 6.77. The van der Waals surface area contributed by atoms with Gasteiger partial charge in [0.25, 0.3) is 5.91 Å². The van der Waals surface area contributed by atoms with Gasteiger partial charge in [0.15, 0.2) is 17.4 Å². The topological polar surface area (TPSA) is 121 Å². The number of aliphatic hydroxyl groups is 1. The third-order valence-electron chi connectivity index (χ3n) is 5.15. The van der Waals surface area contributed by atoms with E-state index in [0.29, 0.717) is 22.4 Å². The average Bonchev–Trinajstić information content (AvgIpc) is 3.14. The van der Waals surface area contributed by atoms with Crippen molar-refractivity contribution < 1.29 is 29.0 Å². The smallest absolute Gasteiger partial charge is 0.325 e. The summed E-state index contributed by atoms with van der Waals surface area (Å²) in [5, 5.41) is 13.4. The van der Waals surface area contributed by atoms with Crippen molar-refractivity contribution in [3.05, 3.63) is 29.3 Å². The van der Waals surface area contributed by atoms with E-state index < -0.39 is 35.5 Å². The van der Waals surface area contributed by atoms with Crippen LogP contribution in [0, 0.1) is 0 Å². The highest BCUT2D eigenvalue weighted by Crippen LogP contribution is 2.31. The van der Waals surface area contributed by atoms with Gasteiger partial charge >= 0.3 is 12.0 Å². The first kappa shape index (κ1) is 25.1. The number of ether oxygens (including phenoxy) is 2. The number of β-amino-alcohol motifs (C(OH)–C–C–N with tert-alkyl or cyclic N) is 1. The molecule has 180 valence electrons. The number of carbonyl (C=O) groups is 3. The van der Waals surface area contributed by atoms with Gasteiger partial charge in [-0.15, -0.1) is 0 Å². The third kappa shape index (κ3) is 5.90. The highest BCUT2D eigenvalue weighted by Gasteiger charge is 2.49. The van der Waals surface area contributed by atoms with Gasteiger partial charge in [-0.25, -0.2) is 9.79 Å². The number of urea groups is 1. The van der Waals surface area contributed by atoms with E-state index in [4.69, 9.17) is 21.1 Å². The summed E-state index contributed by atoms with van der Waals surface area (Å²) >= 11 is 7.03. The molecular weight excluding hydrogens is 472 g/mol. The lowest BCUT2D eigenvalue weighted by molar-refractivity contribution is -0.142. The lowest BCUT2D eigenvalue weighted by atomic mass is 10.1. The van der Waals surface area contributed by atoms with E-state index in [-0.39, 0.29) is 25.7 Å². The fourth-order valence-corrected chi connectivity index (χ4v) is 4.66. The first-order valence-electron chi connectivity index (χ1n) is 10.6. The molecule has 12 heteroatoms. The van der Waals surface area contributed by atoms with Crippen LogP contribution in [0.25, 0.3) is 0 Å². The molecule has 2 aliphatic rings. The molecule has 0 aliphatic carbocycles. The molecule has 4 unspecified atom stereocenters. The number of hydrogen-bond donors (Lipinski definition) is 2. The number of imide groups is 1. The number of likely N-dealkylation sites (N-methyl/N-ethyl adjacent to an activating group) is 1. The molecule has 0 radical (unpaired) electrons. The van der Waals surface area contributed by atoms with E-state index in [1.165, 1.54) is 11.9 Å². The predicted octanol–water partition coefficient (Wildman–Crippen LogP) is 1.70. The molecule has 2 N–H and O–H groups in total. The number of thioether (sulfide) groups is 1. The maximum absolute atomic E-state index is 12.7. The summed E-state index contributed by atoms with van der Waals surface area (Å²) in [6, 6.07) is 5.33. The molecule has 10 nitrogen and oxygen atoms in total. The molecule has 2 aliphatic heterocycles. The van der Waals surface area contributed by atoms with Crippen molar-refractivity contribution in [3.63, 3.8) is 0 Å². The van der Waals surface area contributed by atoms with Gasteiger partial charge in [0.05, 0.1) is 13.2 Å². The molecule has 1 aromatic rings. The van der Waals surface area contributed by atoms with E-state index in [0.717, 1.165) is 11.8 Å². The fourth-order valence-electron chi connectivity index (χ4n) is 3.45. The minimum Gasteiger partial charge on any atom is -0.491 e. The quantitative estimate of drug-likeness (QED) is 0.493. The summed E-state index contributed by atoms with van der Waals surface area (Å²) in [6.07, 6.45) is -1.27. The Labute approximate surface area is 201 Å². The second-order valence-electron chi connectivity index (χ2n) is 7.51. The SMILES string of the molecule is CCOC(=O)C(CC)SC1=NC2C(C(=O)NC(=O)N2C)N1CC(O)COc1ccc(Cl)cc1. The predicted molar refractivity (Wildman–Crippen MR) is 124 cm³/mol. The number of esters is 1. The number of nitrogens with one attached hydrogen (secondary N) is 1. The van der Waals surface area contributed by atoms with Gasteiger partial charge in [0.1, 0.15) is 23.7 Å². The maximum Gasteiger partial charge on any atom is 0.325 e. The molecule has 33 heavy (non-hydrogen) atoms. The van der Waals surface area contributed by atoms with Crippen molar-refractivity contribution in [1.82, 2.24) is 15.1 Å². The molecule has 1 saturated heterocycles. The van der Waals surface area contributed by atoms with Crippen LogP contribution in [-0.2, 0) is 14.3 Å². The molecular formula is C21H27ClN4O6S. The summed E-state index contributed by atoms with van der Waals surface area (Å²) in [4.78, 5) is 44.6. The zero-order chi connectivity index (χ0) is 24.1. The van der Waals surface area contributed by atoms with Gasteiger partial charge in [-0.3, -0.25) is 14.9 Å². The van der Waals surface area contributed by atoms with E-state index in [1.54, 1.807) is 36.1 Å². The van der Waals surface area contributed by atoms with Crippen molar-refractivity contribution in [3.8, 4) is 5.75 Å². The molecule has 0 aromatic heterocycles. The van der Waals surface area contributed by atoms with Gasteiger partial charge in [-0.05, 0) is 37.6 Å². The van der Waals surface area contributed by atoms with Crippen molar-refractivity contribution in [1.29, 1.82) is 0 Å². The fraction of sp³-hybridized carbons (Fsp3) is 0.524. The largest absolute Gasteiger partial charge is 0.491 e. The molecule has 1 fully saturated rings. The highest BCUT2D eigenvalue weighted by atomic mass is 35.5. The molecule has 3 rings (SSSR count). The van der Waals surface area contributed by atoms with Crippen molar-refractivity contribution >= 4 is 46.4 Å². The van der Waals surface area contributed by atoms with Gasteiger partial charge in [-0.1, -0.05) is 30.3 Å². The van der Waals surface area contributed by atoms with Crippen molar-refractivity contribution in [2.45, 2.75) is 43.8 Å². The second-order valence-corrected chi connectivity index (χ2v) is 9.12. The van der Waals surface area contributed by atoms with Gasteiger partial charge in [0, 0.05) is 12.1 Å². The summed E-state index contributed by atoms with van der Waals surface area (Å²) in [6.45, 7) is 3.79. The van der Waals surface area contributed by atoms with Crippen LogP contribution in [0.3, 0.4) is 0 Å². The summed E-state index contributed by atoms with van der Waals surface area (Å²) in [5.41, 5.74) is 0. The number of amidine groups is 1. The Morgan fingerprint density at radius 1 is 1.30 bits per heavy atom. The van der Waals surface area contributed by atoms with Crippen LogP contribution in [0.2, 0.25) is 5.02 Å². The molecule has 3 amide bonds. The van der Waals surface area contributed by atoms with E-state index in [2.05, 4.69) is 10.3 Å². The molecule has 1 aromatic carbocycles. The van der Waals surface area contributed by atoms with E-state index in [1.807, 2.05) is 6.92 Å². The lowest BCUT2D eigenvalue weighted by Gasteiger charge is -2.37. The van der Waals surface area contributed by atoms with Gasteiger partial charge in [-0.2, -0.15) is 0 Å². The number of carbonyl (C=O) groups excluding carboxylic acids is 3. The number of benzene rings is 1. The number of fused-ring (bicyclic) bond motifs is 1. The van der Waals surface area contributed by atoms with Crippen LogP contribution in [0.4, 0.5) is 4.79 Å². The molecule has 0 spiro atoms. The standard InChI is InChI=1S/C21H27ClN4O6S/c1-4-15(19(29)31-5-2)33-21-23-17-16(18(28)24-20(30)25(17)3)26(21)10-13(27)11-32-14-8-6-12(22)7-9-14/h6-9,13,15-17,27H,4-5,10-11H2,1-3H3,(H,24,28,30). The number of nitrogens with zero attached hydrogens (tertiary/aromatic N) is 3. The lowest BCUT2D eigenvalue weighted by Crippen LogP contribution is -2.64. The summed E-state index contributed by atoms with van der Waals surface area (Å²) in [5.74, 6) is -0.365. The van der Waals surface area contributed by atoms with Crippen molar-refractivity contribution in [2.75, 3.05) is 26.8 Å². The number of amides is 3. The Balaban J connectivity index is 1.76. The number of aliphatic hydroxyl groups excluding tert-OH is 1. The van der Waals surface area contributed by atoms with Crippen LogP contribution in [0.1, 0.15) is 20.3 Å². The summed E-state index contributed by atoms with van der Waals surface area (Å²) < 4.78 is 10.8. The molecule has 4 atom stereocenters. The molecule has 0 saturated carbocycles. The number of aliphatic imine (C=N–C) groups is 1. The summed E-state index contributed by atoms with van der Waals surface area (Å²) in [7, 11) is 1.54. The number of halogens is 1. The van der Waals surface area contributed by atoms with Crippen molar-refractivity contribution in [2.24, 2.45) is 4.99 Å². The van der Waals surface area contributed by atoms with Crippen LogP contribution in [0.5, 0.6) is 5.75 Å². The van der Waals surface area contributed by atoms with Crippen LogP contribution < -0.4 is 10.1 Å². The normalized spacial score (nSPS) is 21.8. The van der Waals surface area contributed by atoms with E-state index in [9.17, 15) is 19.5 Å². The molecule has 0 bridgehead atoms. The maximum atomic E-state index is 12.7. The Morgan fingerprint density at radius 3 is 2.64 bits per heavy atom. The van der Waals surface area contributed by atoms with Crippen LogP contribution in [-0.4, -0.2) is 88.3 Å². The zero-order valence-electron chi connectivity index (χ0n) is 18.6. The monoisotopic (exact) mass is 498 g/mol. The zero-order valence-corrected chi connectivity index (χ0v) is 20.1. The Hall–Kier alpha value is -2.50. The second kappa shape index (κ2) is 11.1. The minimum absolute atomic E-state index is 0.00923. The number of hydrogen-bond acceptors (Lipinski definition) is 9. The highest BCUT2D eigenvalue weighted by molar-refractivity contribution is 8.14. The first-order chi connectivity index (χ1) is 15.7.